The van der Waals surface area contributed by atoms with Gasteiger partial charge in [0.05, 0.1) is 0 Å². The number of rotatable bonds is 4. The highest BCUT2D eigenvalue weighted by atomic mass is 15.2. The van der Waals surface area contributed by atoms with Gasteiger partial charge in [0.2, 0.25) is 0 Å². The molecule has 0 bridgehead atoms. The van der Waals surface area contributed by atoms with E-state index in [4.69, 9.17) is 0 Å². The highest BCUT2D eigenvalue weighted by Gasteiger charge is 2.46. The lowest BCUT2D eigenvalue weighted by molar-refractivity contribution is 0.181. The van der Waals surface area contributed by atoms with Gasteiger partial charge in [0.1, 0.15) is 0 Å². The van der Waals surface area contributed by atoms with Crippen LogP contribution in [0.5, 0.6) is 0 Å². The lowest BCUT2D eigenvalue weighted by Gasteiger charge is -2.34. The normalized spacial score (nSPS) is 35.4. The Morgan fingerprint density at radius 2 is 2.13 bits per heavy atom. The van der Waals surface area contributed by atoms with Crippen molar-refractivity contribution < 1.29 is 0 Å². The van der Waals surface area contributed by atoms with Crippen LogP contribution in [0.2, 0.25) is 0 Å². The van der Waals surface area contributed by atoms with Crippen molar-refractivity contribution in [3.05, 3.63) is 0 Å². The van der Waals surface area contributed by atoms with Gasteiger partial charge >= 0.3 is 0 Å². The maximum Gasteiger partial charge on any atom is 0.0195 e. The summed E-state index contributed by atoms with van der Waals surface area (Å²) in [5.74, 6) is 0.970. The Hall–Kier alpha value is -0.0800. The molecular weight excluding hydrogens is 184 g/mol. The molecular formula is C13H26N2. The monoisotopic (exact) mass is 210 g/mol. The van der Waals surface area contributed by atoms with Gasteiger partial charge in [0.25, 0.3) is 0 Å². The molecule has 2 rings (SSSR count). The molecule has 1 heterocycles. The minimum absolute atomic E-state index is 0.644. The first kappa shape index (κ1) is 11.4. The van der Waals surface area contributed by atoms with Gasteiger partial charge in [0.15, 0.2) is 0 Å². The molecule has 1 saturated heterocycles. The smallest absolute Gasteiger partial charge is 0.0195 e. The zero-order chi connectivity index (χ0) is 10.9. The summed E-state index contributed by atoms with van der Waals surface area (Å²) >= 11 is 0. The van der Waals surface area contributed by atoms with E-state index in [1.165, 1.54) is 45.4 Å². The Balaban J connectivity index is 1.73. The van der Waals surface area contributed by atoms with Crippen LogP contribution < -0.4 is 5.32 Å². The molecule has 88 valence electrons. The van der Waals surface area contributed by atoms with Crippen LogP contribution in [0, 0.1) is 11.3 Å². The fourth-order valence-electron chi connectivity index (χ4n) is 2.80. The van der Waals surface area contributed by atoms with Crippen molar-refractivity contribution in [2.75, 3.05) is 26.2 Å². The quantitative estimate of drug-likeness (QED) is 0.764. The summed E-state index contributed by atoms with van der Waals surface area (Å²) in [7, 11) is 0. The number of nitrogens with one attached hydrogen (secondary N) is 1. The molecule has 2 nitrogen and oxygen atoms in total. The summed E-state index contributed by atoms with van der Waals surface area (Å²) in [6.07, 6.45) is 4.08. The lowest BCUT2D eigenvalue weighted by atomic mass is 10.1. The molecule has 2 unspecified atom stereocenters. The fraction of sp³-hybridized carbons (Fsp3) is 1.00. The van der Waals surface area contributed by atoms with Crippen LogP contribution in [0.25, 0.3) is 0 Å². The van der Waals surface area contributed by atoms with E-state index in [1.807, 2.05) is 0 Å². The Kier molecular flexibility index (Phi) is 3.36. The molecule has 2 atom stereocenters. The first-order valence-electron chi connectivity index (χ1n) is 6.57. The SMILES string of the molecule is CCCC1CN(CC2CC2(C)C)CCN1. The molecule has 0 amide bonds. The molecule has 0 radical (unpaired) electrons. The summed E-state index contributed by atoms with van der Waals surface area (Å²) in [6, 6.07) is 0.755. The molecule has 2 heteroatoms. The van der Waals surface area contributed by atoms with Crippen molar-refractivity contribution in [3.63, 3.8) is 0 Å². The van der Waals surface area contributed by atoms with E-state index in [-0.39, 0.29) is 0 Å². The van der Waals surface area contributed by atoms with Crippen LogP contribution in [0.1, 0.15) is 40.0 Å². The van der Waals surface area contributed by atoms with Crippen LogP contribution in [-0.4, -0.2) is 37.1 Å². The van der Waals surface area contributed by atoms with E-state index in [0.717, 1.165) is 12.0 Å². The second-order valence-corrected chi connectivity index (χ2v) is 6.09. The molecule has 2 aliphatic rings. The van der Waals surface area contributed by atoms with Crippen molar-refractivity contribution in [2.45, 2.75) is 46.1 Å². The number of piperazine rings is 1. The molecule has 0 aromatic heterocycles. The fourth-order valence-corrected chi connectivity index (χ4v) is 2.80. The van der Waals surface area contributed by atoms with Crippen LogP contribution >= 0.6 is 0 Å². The van der Waals surface area contributed by atoms with Gasteiger partial charge in [-0.25, -0.2) is 0 Å². The van der Waals surface area contributed by atoms with E-state index >= 15 is 0 Å². The van der Waals surface area contributed by atoms with Crippen LogP contribution in [0.15, 0.2) is 0 Å². The van der Waals surface area contributed by atoms with Gasteiger partial charge in [0, 0.05) is 32.2 Å². The Morgan fingerprint density at radius 3 is 2.73 bits per heavy atom. The number of nitrogens with zero attached hydrogens (tertiary/aromatic N) is 1. The molecule has 0 aromatic carbocycles. The third-order valence-electron chi connectivity index (χ3n) is 4.17. The molecule has 1 aliphatic carbocycles. The van der Waals surface area contributed by atoms with Crippen LogP contribution in [-0.2, 0) is 0 Å². The van der Waals surface area contributed by atoms with Crippen molar-refractivity contribution in [3.8, 4) is 0 Å². The maximum atomic E-state index is 3.62. The number of hydrogen-bond acceptors (Lipinski definition) is 2. The zero-order valence-electron chi connectivity index (χ0n) is 10.6. The highest BCUT2D eigenvalue weighted by Crippen LogP contribution is 2.51. The van der Waals surface area contributed by atoms with Crippen molar-refractivity contribution in [1.82, 2.24) is 10.2 Å². The van der Waals surface area contributed by atoms with E-state index in [9.17, 15) is 0 Å². The molecule has 1 aliphatic heterocycles. The van der Waals surface area contributed by atoms with Gasteiger partial charge in [-0.1, -0.05) is 27.2 Å². The predicted molar refractivity (Wildman–Crippen MR) is 65.0 cm³/mol. The second-order valence-electron chi connectivity index (χ2n) is 6.09. The van der Waals surface area contributed by atoms with E-state index in [0.29, 0.717) is 5.41 Å². The van der Waals surface area contributed by atoms with Gasteiger partial charge in [-0.3, -0.25) is 0 Å². The molecule has 0 spiro atoms. The topological polar surface area (TPSA) is 15.3 Å². The largest absolute Gasteiger partial charge is 0.311 e. The molecule has 2 fully saturated rings. The minimum Gasteiger partial charge on any atom is -0.311 e. The molecule has 1 N–H and O–H groups in total. The first-order valence-corrected chi connectivity index (χ1v) is 6.57. The summed E-state index contributed by atoms with van der Waals surface area (Å²) < 4.78 is 0. The summed E-state index contributed by atoms with van der Waals surface area (Å²) in [5.41, 5.74) is 0.644. The summed E-state index contributed by atoms with van der Waals surface area (Å²) in [5, 5.41) is 3.62. The van der Waals surface area contributed by atoms with Crippen molar-refractivity contribution in [2.24, 2.45) is 11.3 Å². The van der Waals surface area contributed by atoms with Gasteiger partial charge in [-0.2, -0.15) is 0 Å². The Bertz CT molecular complexity index is 211. The average molecular weight is 210 g/mol. The van der Waals surface area contributed by atoms with Gasteiger partial charge in [-0.15, -0.1) is 0 Å². The van der Waals surface area contributed by atoms with Gasteiger partial charge < -0.3 is 10.2 Å². The molecule has 0 aromatic rings. The first-order chi connectivity index (χ1) is 7.12. The summed E-state index contributed by atoms with van der Waals surface area (Å²) in [6.45, 7) is 12.2. The number of hydrogen-bond donors (Lipinski definition) is 1. The molecule has 15 heavy (non-hydrogen) atoms. The van der Waals surface area contributed by atoms with Crippen LogP contribution in [0.3, 0.4) is 0 Å². The second kappa shape index (κ2) is 4.42. The minimum atomic E-state index is 0.644. The Labute approximate surface area is 94.4 Å². The third-order valence-corrected chi connectivity index (χ3v) is 4.17. The lowest BCUT2D eigenvalue weighted by Crippen LogP contribution is -2.51. The third kappa shape index (κ3) is 2.94. The molecule has 1 saturated carbocycles. The van der Waals surface area contributed by atoms with E-state index in [2.05, 4.69) is 31.0 Å². The Morgan fingerprint density at radius 1 is 1.40 bits per heavy atom. The highest BCUT2D eigenvalue weighted by molar-refractivity contribution is 4.97. The zero-order valence-corrected chi connectivity index (χ0v) is 10.6. The van der Waals surface area contributed by atoms with E-state index in [1.54, 1.807) is 0 Å². The maximum absolute atomic E-state index is 3.62. The standard InChI is InChI=1S/C13H26N2/c1-4-5-12-10-15(7-6-14-12)9-11-8-13(11,2)3/h11-12,14H,4-10H2,1-3H3. The van der Waals surface area contributed by atoms with Crippen molar-refractivity contribution in [1.29, 1.82) is 0 Å². The van der Waals surface area contributed by atoms with Crippen LogP contribution in [0.4, 0.5) is 0 Å². The summed E-state index contributed by atoms with van der Waals surface area (Å²) in [4.78, 5) is 2.68. The van der Waals surface area contributed by atoms with Crippen molar-refractivity contribution >= 4 is 0 Å². The van der Waals surface area contributed by atoms with E-state index < -0.39 is 0 Å². The van der Waals surface area contributed by atoms with Gasteiger partial charge in [-0.05, 0) is 24.2 Å². The predicted octanol–water partition coefficient (Wildman–Crippen LogP) is 2.11. The average Bonchev–Trinajstić information content (AvgIpc) is 2.74.